The Morgan fingerprint density at radius 1 is 1.33 bits per heavy atom. The third kappa shape index (κ3) is 4.27. The summed E-state index contributed by atoms with van der Waals surface area (Å²) in [5.41, 5.74) is 5.25. The van der Waals surface area contributed by atoms with Gasteiger partial charge in [-0.2, -0.15) is 0 Å². The number of rotatable bonds is 7. The van der Waals surface area contributed by atoms with Gasteiger partial charge in [0.15, 0.2) is 0 Å². The van der Waals surface area contributed by atoms with Crippen LogP contribution in [0.4, 0.5) is 10.1 Å². The molecule has 8 heteroatoms. The third-order valence-corrected chi connectivity index (χ3v) is 4.44. The number of aryl methyl sites for hydroxylation is 1. The van der Waals surface area contributed by atoms with Crippen LogP contribution in [-0.4, -0.2) is 24.5 Å². The van der Waals surface area contributed by atoms with Gasteiger partial charge in [0.25, 0.3) is 0 Å². The van der Waals surface area contributed by atoms with Gasteiger partial charge >= 0.3 is 0 Å². The van der Waals surface area contributed by atoms with Crippen LogP contribution in [0.5, 0.6) is 0 Å². The van der Waals surface area contributed by atoms with Crippen molar-refractivity contribution in [3.05, 3.63) is 42.7 Å². The molecule has 21 heavy (non-hydrogen) atoms. The van der Waals surface area contributed by atoms with E-state index >= 15 is 0 Å². The highest BCUT2D eigenvalue weighted by Crippen LogP contribution is 2.16. The first-order valence-corrected chi connectivity index (χ1v) is 7.98. The lowest BCUT2D eigenvalue weighted by atomic mass is 10.3. The molecule has 114 valence electrons. The highest BCUT2D eigenvalue weighted by molar-refractivity contribution is 7.89. The highest BCUT2D eigenvalue weighted by Gasteiger charge is 2.14. The quantitative estimate of drug-likeness (QED) is 0.597. The minimum Gasteiger partial charge on any atom is -0.396 e. The van der Waals surface area contributed by atoms with Crippen molar-refractivity contribution in [1.29, 1.82) is 0 Å². The predicted octanol–water partition coefficient (Wildman–Crippen LogP) is 1.36. The Kier molecular flexibility index (Phi) is 4.92. The second-order valence-corrected chi connectivity index (χ2v) is 6.36. The van der Waals surface area contributed by atoms with Gasteiger partial charge in [-0.25, -0.2) is 22.5 Å². The molecule has 0 fully saturated rings. The monoisotopic (exact) mass is 312 g/mol. The van der Waals surface area contributed by atoms with E-state index in [4.69, 9.17) is 5.73 Å². The summed E-state index contributed by atoms with van der Waals surface area (Å²) in [6, 6.07) is 3.44. The van der Waals surface area contributed by atoms with E-state index in [0.29, 0.717) is 13.0 Å². The molecule has 0 atom stereocenters. The maximum absolute atomic E-state index is 13.3. The SMILES string of the molecule is Nc1ccc(S(=O)(=O)NCCCCn2ccnc2)cc1F. The molecule has 1 heterocycles. The molecule has 0 amide bonds. The molecule has 6 nitrogen and oxygen atoms in total. The topological polar surface area (TPSA) is 90.0 Å². The molecule has 0 radical (unpaired) electrons. The van der Waals surface area contributed by atoms with Gasteiger partial charge in [-0.05, 0) is 31.0 Å². The van der Waals surface area contributed by atoms with Crippen LogP contribution in [0.3, 0.4) is 0 Å². The van der Waals surface area contributed by atoms with E-state index < -0.39 is 15.8 Å². The maximum Gasteiger partial charge on any atom is 0.240 e. The molecule has 2 aromatic rings. The Labute approximate surface area is 122 Å². The van der Waals surface area contributed by atoms with Crippen LogP contribution in [0.2, 0.25) is 0 Å². The van der Waals surface area contributed by atoms with E-state index in [-0.39, 0.29) is 10.6 Å². The van der Waals surface area contributed by atoms with Gasteiger partial charge in [0.1, 0.15) is 5.82 Å². The van der Waals surface area contributed by atoms with Crippen molar-refractivity contribution < 1.29 is 12.8 Å². The lowest BCUT2D eigenvalue weighted by molar-refractivity contribution is 0.564. The van der Waals surface area contributed by atoms with Crippen molar-refractivity contribution >= 4 is 15.7 Å². The first kappa shape index (κ1) is 15.5. The summed E-state index contributed by atoms with van der Waals surface area (Å²) in [6.07, 6.45) is 6.74. The maximum atomic E-state index is 13.3. The van der Waals surface area contributed by atoms with E-state index in [1.807, 2.05) is 10.8 Å². The van der Waals surface area contributed by atoms with Crippen molar-refractivity contribution in [1.82, 2.24) is 14.3 Å². The molecule has 0 aliphatic heterocycles. The lowest BCUT2D eigenvalue weighted by Gasteiger charge is -2.08. The van der Waals surface area contributed by atoms with Crippen molar-refractivity contribution in [3.63, 3.8) is 0 Å². The van der Waals surface area contributed by atoms with Crippen molar-refractivity contribution in [3.8, 4) is 0 Å². The van der Waals surface area contributed by atoms with Crippen LogP contribution >= 0.6 is 0 Å². The molecule has 0 spiro atoms. The molecule has 0 saturated carbocycles. The number of nitrogen functional groups attached to an aromatic ring is 1. The number of nitrogens with one attached hydrogen (secondary N) is 1. The van der Waals surface area contributed by atoms with Gasteiger partial charge in [-0.15, -0.1) is 0 Å². The summed E-state index contributed by atoms with van der Waals surface area (Å²) in [5, 5.41) is 0. The summed E-state index contributed by atoms with van der Waals surface area (Å²) in [4.78, 5) is 3.80. The smallest absolute Gasteiger partial charge is 0.240 e. The fourth-order valence-electron chi connectivity index (χ4n) is 1.80. The number of unbranched alkanes of at least 4 members (excludes halogenated alkanes) is 1. The fraction of sp³-hybridized carbons (Fsp3) is 0.308. The summed E-state index contributed by atoms with van der Waals surface area (Å²) in [5.74, 6) is -0.738. The Morgan fingerprint density at radius 3 is 2.81 bits per heavy atom. The molecule has 0 unspecified atom stereocenters. The molecular weight excluding hydrogens is 295 g/mol. The predicted molar refractivity (Wildman–Crippen MR) is 77.5 cm³/mol. The highest BCUT2D eigenvalue weighted by atomic mass is 32.2. The minimum absolute atomic E-state index is 0.0747. The Balaban J connectivity index is 1.82. The Bertz CT molecular complexity index is 686. The van der Waals surface area contributed by atoms with Gasteiger partial charge in [-0.3, -0.25) is 0 Å². The zero-order chi connectivity index (χ0) is 15.3. The molecule has 1 aromatic heterocycles. The Morgan fingerprint density at radius 2 is 2.14 bits per heavy atom. The molecule has 0 aliphatic carbocycles. The van der Waals surface area contributed by atoms with E-state index in [1.54, 1.807) is 12.5 Å². The van der Waals surface area contributed by atoms with Crippen LogP contribution in [0.15, 0.2) is 41.8 Å². The molecular formula is C13H17FN4O2S. The number of nitrogens with zero attached hydrogens (tertiary/aromatic N) is 2. The number of imidazole rings is 1. The number of anilines is 1. The minimum atomic E-state index is -3.70. The van der Waals surface area contributed by atoms with E-state index in [2.05, 4.69) is 9.71 Å². The normalized spacial score (nSPS) is 11.7. The van der Waals surface area contributed by atoms with Gasteiger partial charge < -0.3 is 10.3 Å². The molecule has 1 aromatic carbocycles. The number of hydrogen-bond donors (Lipinski definition) is 2. The summed E-state index contributed by atoms with van der Waals surface area (Å²) in [6.45, 7) is 1.07. The third-order valence-electron chi connectivity index (χ3n) is 2.98. The second-order valence-electron chi connectivity index (χ2n) is 4.59. The van der Waals surface area contributed by atoms with Crippen molar-refractivity contribution in [2.24, 2.45) is 0 Å². The van der Waals surface area contributed by atoms with Gasteiger partial charge in [0, 0.05) is 25.5 Å². The zero-order valence-electron chi connectivity index (χ0n) is 11.4. The van der Waals surface area contributed by atoms with Crippen molar-refractivity contribution in [2.75, 3.05) is 12.3 Å². The summed E-state index contributed by atoms with van der Waals surface area (Å²) < 4.78 is 41.6. The number of benzene rings is 1. The number of halogens is 1. The average molecular weight is 312 g/mol. The van der Waals surface area contributed by atoms with Crippen LogP contribution in [0, 0.1) is 5.82 Å². The van der Waals surface area contributed by atoms with Crippen LogP contribution < -0.4 is 10.5 Å². The van der Waals surface area contributed by atoms with Crippen LogP contribution in [0.25, 0.3) is 0 Å². The Hall–Kier alpha value is -1.93. The second kappa shape index (κ2) is 6.68. The molecule has 0 saturated heterocycles. The number of hydrogen-bond acceptors (Lipinski definition) is 4. The fourth-order valence-corrected chi connectivity index (χ4v) is 2.89. The zero-order valence-corrected chi connectivity index (χ0v) is 12.2. The number of sulfonamides is 1. The van der Waals surface area contributed by atoms with Gasteiger partial charge in [0.05, 0.1) is 16.9 Å². The van der Waals surface area contributed by atoms with Crippen molar-refractivity contribution in [2.45, 2.75) is 24.3 Å². The summed E-state index contributed by atoms with van der Waals surface area (Å²) in [7, 11) is -3.70. The molecule has 0 aliphatic rings. The molecule has 0 bridgehead atoms. The lowest BCUT2D eigenvalue weighted by Crippen LogP contribution is -2.25. The molecule has 2 rings (SSSR count). The standard InChI is InChI=1S/C13H17FN4O2S/c14-12-9-11(3-4-13(12)15)21(19,20)17-5-1-2-7-18-8-6-16-10-18/h3-4,6,8-10,17H,1-2,5,7,15H2. The average Bonchev–Trinajstić information content (AvgIpc) is 2.94. The first-order chi connectivity index (χ1) is 9.99. The summed E-state index contributed by atoms with van der Waals surface area (Å²) >= 11 is 0. The van der Waals surface area contributed by atoms with Gasteiger partial charge in [0.2, 0.25) is 10.0 Å². The largest absolute Gasteiger partial charge is 0.396 e. The van der Waals surface area contributed by atoms with E-state index in [9.17, 15) is 12.8 Å². The van der Waals surface area contributed by atoms with Crippen LogP contribution in [0.1, 0.15) is 12.8 Å². The number of nitrogens with two attached hydrogens (primary N) is 1. The van der Waals surface area contributed by atoms with E-state index in [1.165, 1.54) is 12.1 Å². The number of aromatic nitrogens is 2. The molecule has 3 N–H and O–H groups in total. The first-order valence-electron chi connectivity index (χ1n) is 6.49. The van der Waals surface area contributed by atoms with Gasteiger partial charge in [-0.1, -0.05) is 0 Å². The van der Waals surface area contributed by atoms with E-state index in [0.717, 1.165) is 19.0 Å². The van der Waals surface area contributed by atoms with Crippen LogP contribution in [-0.2, 0) is 16.6 Å².